The Balaban J connectivity index is 1.61. The van der Waals surface area contributed by atoms with Crippen LogP contribution in [-0.2, 0) is 0 Å². The molecule has 21 heavy (non-hydrogen) atoms. The first-order valence-corrected chi connectivity index (χ1v) is 9.84. The van der Waals surface area contributed by atoms with Crippen LogP contribution in [0.5, 0.6) is 0 Å². The van der Waals surface area contributed by atoms with Crippen molar-refractivity contribution in [1.82, 2.24) is 10.2 Å². The predicted molar refractivity (Wildman–Crippen MR) is 90.6 cm³/mol. The number of piperazine rings is 1. The SMILES string of the molecule is CCCC1CN(CC2CCCC2)C(C2CCCCC2)CN1. The Labute approximate surface area is 132 Å². The zero-order chi connectivity index (χ0) is 14.5. The lowest BCUT2D eigenvalue weighted by atomic mass is 9.81. The molecule has 3 aliphatic rings. The number of nitrogens with zero attached hydrogens (tertiary/aromatic N) is 1. The number of rotatable bonds is 5. The minimum Gasteiger partial charge on any atom is -0.311 e. The van der Waals surface area contributed by atoms with Crippen molar-refractivity contribution in [2.45, 2.75) is 89.6 Å². The molecule has 1 N–H and O–H groups in total. The monoisotopic (exact) mass is 292 g/mol. The Morgan fingerprint density at radius 3 is 2.38 bits per heavy atom. The Morgan fingerprint density at radius 1 is 0.952 bits per heavy atom. The molecule has 0 aromatic rings. The maximum absolute atomic E-state index is 3.88. The smallest absolute Gasteiger partial charge is 0.0249 e. The molecule has 122 valence electrons. The molecule has 0 aromatic heterocycles. The van der Waals surface area contributed by atoms with Crippen LogP contribution in [0.2, 0.25) is 0 Å². The number of hydrogen-bond acceptors (Lipinski definition) is 2. The lowest BCUT2D eigenvalue weighted by Gasteiger charge is -2.46. The maximum atomic E-state index is 3.88. The summed E-state index contributed by atoms with van der Waals surface area (Å²) in [6.07, 6.45) is 16.1. The van der Waals surface area contributed by atoms with E-state index in [4.69, 9.17) is 0 Å². The van der Waals surface area contributed by atoms with E-state index in [1.807, 2.05) is 0 Å². The van der Waals surface area contributed by atoms with Crippen molar-refractivity contribution < 1.29 is 0 Å². The maximum Gasteiger partial charge on any atom is 0.0249 e. The number of nitrogens with one attached hydrogen (secondary N) is 1. The summed E-state index contributed by atoms with van der Waals surface area (Å²) in [5.41, 5.74) is 0. The van der Waals surface area contributed by atoms with E-state index in [0.717, 1.165) is 23.9 Å². The van der Waals surface area contributed by atoms with Crippen molar-refractivity contribution in [2.24, 2.45) is 11.8 Å². The molecule has 0 aromatic carbocycles. The van der Waals surface area contributed by atoms with Gasteiger partial charge < -0.3 is 5.32 Å². The lowest BCUT2D eigenvalue weighted by Crippen LogP contribution is -2.59. The molecule has 2 nitrogen and oxygen atoms in total. The molecule has 2 aliphatic carbocycles. The highest BCUT2D eigenvalue weighted by molar-refractivity contribution is 4.92. The fourth-order valence-corrected chi connectivity index (χ4v) is 5.16. The van der Waals surface area contributed by atoms with Crippen LogP contribution in [0.25, 0.3) is 0 Å². The van der Waals surface area contributed by atoms with Crippen LogP contribution in [0.15, 0.2) is 0 Å². The van der Waals surface area contributed by atoms with Gasteiger partial charge in [0.1, 0.15) is 0 Å². The molecular formula is C19H36N2. The molecule has 0 bridgehead atoms. The van der Waals surface area contributed by atoms with Gasteiger partial charge in [-0.05, 0) is 43.9 Å². The first kappa shape index (κ1) is 15.8. The molecule has 0 spiro atoms. The average Bonchev–Trinajstić information content (AvgIpc) is 3.02. The van der Waals surface area contributed by atoms with E-state index in [-0.39, 0.29) is 0 Å². The van der Waals surface area contributed by atoms with E-state index in [0.29, 0.717) is 0 Å². The summed E-state index contributed by atoms with van der Waals surface area (Å²) in [4.78, 5) is 2.93. The third-order valence-corrected chi connectivity index (χ3v) is 6.34. The predicted octanol–water partition coefficient (Wildman–Crippen LogP) is 4.20. The fourth-order valence-electron chi connectivity index (χ4n) is 5.16. The van der Waals surface area contributed by atoms with Crippen LogP contribution in [0.3, 0.4) is 0 Å². The minimum atomic E-state index is 0.760. The molecule has 3 fully saturated rings. The molecule has 2 unspecified atom stereocenters. The lowest BCUT2D eigenvalue weighted by molar-refractivity contribution is 0.0569. The second kappa shape index (κ2) is 7.97. The van der Waals surface area contributed by atoms with Gasteiger partial charge in [-0.25, -0.2) is 0 Å². The third-order valence-electron chi connectivity index (χ3n) is 6.34. The highest BCUT2D eigenvalue weighted by Crippen LogP contribution is 2.33. The summed E-state index contributed by atoms with van der Waals surface area (Å²) < 4.78 is 0. The largest absolute Gasteiger partial charge is 0.311 e. The summed E-state index contributed by atoms with van der Waals surface area (Å²) >= 11 is 0. The highest BCUT2D eigenvalue weighted by atomic mass is 15.2. The van der Waals surface area contributed by atoms with Crippen molar-refractivity contribution in [3.05, 3.63) is 0 Å². The molecule has 1 saturated heterocycles. The van der Waals surface area contributed by atoms with Gasteiger partial charge in [0.15, 0.2) is 0 Å². The van der Waals surface area contributed by atoms with Crippen molar-refractivity contribution in [1.29, 1.82) is 0 Å². The van der Waals surface area contributed by atoms with Crippen LogP contribution in [0.4, 0.5) is 0 Å². The van der Waals surface area contributed by atoms with Crippen molar-refractivity contribution >= 4 is 0 Å². The zero-order valence-electron chi connectivity index (χ0n) is 14.2. The molecule has 0 radical (unpaired) electrons. The first-order chi connectivity index (χ1) is 10.4. The van der Waals surface area contributed by atoms with Crippen molar-refractivity contribution in [3.8, 4) is 0 Å². The number of hydrogen-bond donors (Lipinski definition) is 1. The summed E-state index contributed by atoms with van der Waals surface area (Å²) in [5.74, 6) is 1.99. The summed E-state index contributed by atoms with van der Waals surface area (Å²) in [6, 6.07) is 1.61. The molecule has 2 heteroatoms. The average molecular weight is 293 g/mol. The van der Waals surface area contributed by atoms with Gasteiger partial charge in [0, 0.05) is 31.7 Å². The summed E-state index contributed by atoms with van der Waals surface area (Å²) in [7, 11) is 0. The molecule has 2 atom stereocenters. The van der Waals surface area contributed by atoms with Crippen LogP contribution in [0, 0.1) is 11.8 Å². The Hall–Kier alpha value is -0.0800. The van der Waals surface area contributed by atoms with Gasteiger partial charge in [-0.15, -0.1) is 0 Å². The van der Waals surface area contributed by atoms with Crippen LogP contribution in [-0.4, -0.2) is 36.6 Å². The Kier molecular flexibility index (Phi) is 5.99. The van der Waals surface area contributed by atoms with Crippen molar-refractivity contribution in [2.75, 3.05) is 19.6 Å². The Bertz CT molecular complexity index is 292. The summed E-state index contributed by atoms with van der Waals surface area (Å²) in [5, 5.41) is 3.88. The topological polar surface area (TPSA) is 15.3 Å². The highest BCUT2D eigenvalue weighted by Gasteiger charge is 2.34. The van der Waals surface area contributed by atoms with Gasteiger partial charge in [-0.2, -0.15) is 0 Å². The van der Waals surface area contributed by atoms with E-state index in [1.165, 1.54) is 90.3 Å². The minimum absolute atomic E-state index is 0.760. The molecule has 1 heterocycles. The Morgan fingerprint density at radius 2 is 1.67 bits per heavy atom. The normalized spacial score (nSPS) is 33.6. The van der Waals surface area contributed by atoms with Gasteiger partial charge in [-0.1, -0.05) is 45.4 Å². The van der Waals surface area contributed by atoms with Gasteiger partial charge in [-0.3, -0.25) is 4.90 Å². The zero-order valence-corrected chi connectivity index (χ0v) is 14.2. The molecule has 3 rings (SSSR count). The van der Waals surface area contributed by atoms with Crippen LogP contribution < -0.4 is 5.32 Å². The van der Waals surface area contributed by atoms with Gasteiger partial charge in [0.05, 0.1) is 0 Å². The second-order valence-electron chi connectivity index (χ2n) is 7.96. The molecular weight excluding hydrogens is 256 g/mol. The fraction of sp³-hybridized carbons (Fsp3) is 1.00. The van der Waals surface area contributed by atoms with Crippen molar-refractivity contribution in [3.63, 3.8) is 0 Å². The van der Waals surface area contributed by atoms with E-state index >= 15 is 0 Å². The van der Waals surface area contributed by atoms with Crippen LogP contribution >= 0.6 is 0 Å². The van der Waals surface area contributed by atoms with Gasteiger partial charge in [0.2, 0.25) is 0 Å². The van der Waals surface area contributed by atoms with E-state index < -0.39 is 0 Å². The van der Waals surface area contributed by atoms with E-state index in [1.54, 1.807) is 0 Å². The third kappa shape index (κ3) is 4.22. The summed E-state index contributed by atoms with van der Waals surface area (Å²) in [6.45, 7) is 6.33. The molecule has 0 amide bonds. The van der Waals surface area contributed by atoms with E-state index in [2.05, 4.69) is 17.1 Å². The molecule has 2 saturated carbocycles. The van der Waals surface area contributed by atoms with E-state index in [9.17, 15) is 0 Å². The van der Waals surface area contributed by atoms with Crippen LogP contribution in [0.1, 0.15) is 77.6 Å². The van der Waals surface area contributed by atoms with Gasteiger partial charge >= 0.3 is 0 Å². The molecule has 1 aliphatic heterocycles. The quantitative estimate of drug-likeness (QED) is 0.817. The first-order valence-electron chi connectivity index (χ1n) is 9.84. The van der Waals surface area contributed by atoms with Gasteiger partial charge in [0.25, 0.3) is 0 Å². The second-order valence-corrected chi connectivity index (χ2v) is 7.96. The standard InChI is InChI=1S/C19H36N2/c1-2-8-18-15-21(14-16-9-6-7-10-16)19(13-20-18)17-11-4-3-5-12-17/h16-20H,2-15H2,1H3.